The van der Waals surface area contributed by atoms with Crippen molar-refractivity contribution in [2.45, 2.75) is 31.6 Å². The minimum absolute atomic E-state index is 0.0277. The molecule has 0 saturated heterocycles. The molecule has 10 heteroatoms. The van der Waals surface area contributed by atoms with Crippen LogP contribution in [-0.4, -0.2) is 19.5 Å². The van der Waals surface area contributed by atoms with Gasteiger partial charge in [0.2, 0.25) is 0 Å². The van der Waals surface area contributed by atoms with Crippen LogP contribution in [0.3, 0.4) is 0 Å². The molecule has 0 fully saturated rings. The molecule has 7 nitrogen and oxygen atoms in total. The van der Waals surface area contributed by atoms with Crippen LogP contribution in [-0.2, 0) is 10.0 Å². The first-order chi connectivity index (χ1) is 14.1. The molecule has 1 amide bonds. The highest BCUT2D eigenvalue weighted by molar-refractivity contribution is 7.92. The van der Waals surface area contributed by atoms with Gasteiger partial charge in [-0.1, -0.05) is 19.0 Å². The van der Waals surface area contributed by atoms with Crippen molar-refractivity contribution in [1.29, 1.82) is 0 Å². The van der Waals surface area contributed by atoms with E-state index in [-0.39, 0.29) is 11.6 Å². The van der Waals surface area contributed by atoms with Gasteiger partial charge < -0.3 is 9.84 Å². The predicted molar refractivity (Wildman–Crippen MR) is 107 cm³/mol. The van der Waals surface area contributed by atoms with Gasteiger partial charge >= 0.3 is 0 Å². The quantitative estimate of drug-likeness (QED) is 0.596. The normalized spacial score (nSPS) is 11.5. The Hall–Kier alpha value is -3.27. The van der Waals surface area contributed by atoms with Crippen molar-refractivity contribution in [1.82, 2.24) is 5.16 Å². The molecule has 0 spiro atoms. The minimum Gasteiger partial charge on any atom is -0.360 e. The van der Waals surface area contributed by atoms with Crippen LogP contribution in [0.2, 0.25) is 0 Å². The number of hydrogen-bond acceptors (Lipinski definition) is 5. The van der Waals surface area contributed by atoms with E-state index in [2.05, 4.69) is 15.2 Å². The van der Waals surface area contributed by atoms with Crippen molar-refractivity contribution in [3.05, 3.63) is 71.1 Å². The Morgan fingerprint density at radius 1 is 1.03 bits per heavy atom. The first-order valence-electron chi connectivity index (χ1n) is 8.94. The maximum Gasteiger partial charge on any atom is 0.261 e. The number of carbonyl (C=O) groups excluding carboxylic acids is 1. The SMILES string of the molecule is Cc1noc(C(C)C)c1C(=O)Nc1ccc(NS(=O)(=O)c2ccc(F)c(F)c2)cc1. The molecule has 0 aliphatic rings. The molecule has 158 valence electrons. The van der Waals surface area contributed by atoms with Crippen LogP contribution in [0, 0.1) is 18.6 Å². The van der Waals surface area contributed by atoms with Crippen LogP contribution >= 0.6 is 0 Å². The predicted octanol–water partition coefficient (Wildman–Crippen LogP) is 4.44. The lowest BCUT2D eigenvalue weighted by molar-refractivity contribution is 0.102. The molecule has 3 rings (SSSR count). The summed E-state index contributed by atoms with van der Waals surface area (Å²) < 4.78 is 58.5. The van der Waals surface area contributed by atoms with Crippen molar-refractivity contribution in [3.63, 3.8) is 0 Å². The Morgan fingerprint density at radius 2 is 1.67 bits per heavy atom. The molecule has 0 atom stereocenters. The number of nitrogens with zero attached hydrogens (tertiary/aromatic N) is 1. The van der Waals surface area contributed by atoms with Crippen molar-refractivity contribution in [3.8, 4) is 0 Å². The maximum atomic E-state index is 13.3. The largest absolute Gasteiger partial charge is 0.360 e. The number of halogens is 2. The zero-order valence-corrected chi connectivity index (χ0v) is 17.2. The zero-order valence-electron chi connectivity index (χ0n) is 16.4. The van der Waals surface area contributed by atoms with Gasteiger partial charge in [-0.25, -0.2) is 17.2 Å². The first kappa shape index (κ1) is 21.4. The molecular weight excluding hydrogens is 416 g/mol. The maximum absolute atomic E-state index is 13.3. The molecule has 2 aromatic carbocycles. The summed E-state index contributed by atoms with van der Waals surface area (Å²) in [6.45, 7) is 5.43. The Bertz CT molecular complexity index is 1190. The van der Waals surface area contributed by atoms with E-state index in [1.54, 1.807) is 6.92 Å². The second kappa shape index (κ2) is 8.23. The number of aryl methyl sites for hydroxylation is 1. The zero-order chi connectivity index (χ0) is 22.1. The van der Waals surface area contributed by atoms with Gasteiger partial charge in [0, 0.05) is 17.3 Å². The Labute approximate surface area is 172 Å². The van der Waals surface area contributed by atoms with E-state index in [0.29, 0.717) is 28.8 Å². The molecule has 0 bridgehead atoms. The number of carbonyl (C=O) groups is 1. The third-order valence-electron chi connectivity index (χ3n) is 4.24. The lowest BCUT2D eigenvalue weighted by Gasteiger charge is -2.10. The smallest absolute Gasteiger partial charge is 0.261 e. The molecule has 30 heavy (non-hydrogen) atoms. The standard InChI is InChI=1S/C20H19F2N3O4S/c1-11(2)19-18(12(3)24-29-19)20(26)23-13-4-6-14(7-5-13)25-30(27,28)15-8-9-16(21)17(22)10-15/h4-11,25H,1-3H3,(H,23,26). The van der Waals surface area contributed by atoms with Gasteiger partial charge in [0.05, 0.1) is 10.6 Å². The highest BCUT2D eigenvalue weighted by Crippen LogP contribution is 2.24. The lowest BCUT2D eigenvalue weighted by Crippen LogP contribution is -2.15. The molecule has 0 aliphatic carbocycles. The summed E-state index contributed by atoms with van der Waals surface area (Å²) in [4.78, 5) is 12.2. The van der Waals surface area contributed by atoms with Crippen molar-refractivity contribution in [2.24, 2.45) is 0 Å². The number of amides is 1. The van der Waals surface area contributed by atoms with Gasteiger partial charge in [0.15, 0.2) is 17.4 Å². The van der Waals surface area contributed by atoms with Gasteiger partial charge in [0.25, 0.3) is 15.9 Å². The molecule has 2 N–H and O–H groups in total. The van der Waals surface area contributed by atoms with Crippen LogP contribution in [0.4, 0.5) is 20.2 Å². The molecule has 3 aromatic rings. The van der Waals surface area contributed by atoms with Gasteiger partial charge in [-0.2, -0.15) is 0 Å². The highest BCUT2D eigenvalue weighted by atomic mass is 32.2. The summed E-state index contributed by atoms with van der Waals surface area (Å²) in [6.07, 6.45) is 0. The molecule has 0 saturated carbocycles. The Balaban J connectivity index is 1.74. The van der Waals surface area contributed by atoms with Gasteiger partial charge in [-0.3, -0.25) is 9.52 Å². The fourth-order valence-corrected chi connectivity index (χ4v) is 3.80. The molecular formula is C20H19F2N3O4S. The summed E-state index contributed by atoms with van der Waals surface area (Å²) in [5.41, 5.74) is 1.42. The third-order valence-corrected chi connectivity index (χ3v) is 5.62. The van der Waals surface area contributed by atoms with E-state index in [1.807, 2.05) is 13.8 Å². The van der Waals surface area contributed by atoms with E-state index in [1.165, 1.54) is 24.3 Å². The highest BCUT2D eigenvalue weighted by Gasteiger charge is 2.23. The van der Waals surface area contributed by atoms with Crippen LogP contribution < -0.4 is 10.0 Å². The number of rotatable bonds is 6. The monoisotopic (exact) mass is 435 g/mol. The average molecular weight is 435 g/mol. The summed E-state index contributed by atoms with van der Waals surface area (Å²) in [5, 5.41) is 6.54. The summed E-state index contributed by atoms with van der Waals surface area (Å²) in [7, 11) is -4.11. The summed E-state index contributed by atoms with van der Waals surface area (Å²) >= 11 is 0. The Morgan fingerprint density at radius 3 is 2.27 bits per heavy atom. The average Bonchev–Trinajstić information content (AvgIpc) is 3.07. The molecule has 0 aliphatic heterocycles. The molecule has 0 unspecified atom stereocenters. The van der Waals surface area contributed by atoms with E-state index in [0.717, 1.165) is 12.1 Å². The Kier molecular flexibility index (Phi) is 5.88. The number of nitrogens with one attached hydrogen (secondary N) is 2. The van der Waals surface area contributed by atoms with Crippen LogP contribution in [0.15, 0.2) is 51.9 Å². The van der Waals surface area contributed by atoms with Crippen LogP contribution in [0.1, 0.15) is 41.6 Å². The number of benzene rings is 2. The number of hydrogen-bond donors (Lipinski definition) is 2. The van der Waals surface area contributed by atoms with Gasteiger partial charge in [0.1, 0.15) is 5.56 Å². The first-order valence-corrected chi connectivity index (χ1v) is 10.4. The minimum atomic E-state index is -4.11. The van der Waals surface area contributed by atoms with E-state index in [9.17, 15) is 22.0 Å². The van der Waals surface area contributed by atoms with Crippen molar-refractivity contribution < 1.29 is 26.5 Å². The second-order valence-electron chi connectivity index (χ2n) is 6.87. The molecule has 1 aromatic heterocycles. The van der Waals surface area contributed by atoms with E-state index >= 15 is 0 Å². The van der Waals surface area contributed by atoms with Crippen molar-refractivity contribution >= 4 is 27.3 Å². The molecule has 1 heterocycles. The lowest BCUT2D eigenvalue weighted by atomic mass is 10.0. The number of sulfonamides is 1. The molecule has 0 radical (unpaired) electrons. The van der Waals surface area contributed by atoms with Crippen LogP contribution in [0.5, 0.6) is 0 Å². The topological polar surface area (TPSA) is 101 Å². The number of aromatic nitrogens is 1. The summed E-state index contributed by atoms with van der Waals surface area (Å²) in [6, 6.07) is 8.15. The van der Waals surface area contributed by atoms with Gasteiger partial charge in [-0.15, -0.1) is 0 Å². The summed E-state index contributed by atoms with van der Waals surface area (Å²) in [5.74, 6) is -2.35. The van der Waals surface area contributed by atoms with Crippen LogP contribution in [0.25, 0.3) is 0 Å². The van der Waals surface area contributed by atoms with Crippen molar-refractivity contribution in [2.75, 3.05) is 10.0 Å². The number of anilines is 2. The van der Waals surface area contributed by atoms with E-state index < -0.39 is 32.5 Å². The fraction of sp³-hybridized carbons (Fsp3) is 0.200. The van der Waals surface area contributed by atoms with Gasteiger partial charge in [-0.05, 0) is 49.4 Å². The third kappa shape index (κ3) is 4.48. The van der Waals surface area contributed by atoms with E-state index in [4.69, 9.17) is 4.52 Å². The second-order valence-corrected chi connectivity index (χ2v) is 8.56. The fourth-order valence-electron chi connectivity index (χ4n) is 2.73.